The molecule has 1 aromatic rings. The summed E-state index contributed by atoms with van der Waals surface area (Å²) < 4.78 is 47.1. The Morgan fingerprint density at radius 1 is 1.35 bits per heavy atom. The van der Waals surface area contributed by atoms with E-state index in [-0.39, 0.29) is 18.2 Å². The van der Waals surface area contributed by atoms with Crippen LogP contribution in [0.25, 0.3) is 6.08 Å². The number of fused-ring (bicyclic) bond motifs is 1. The maximum atomic E-state index is 13.9. The summed E-state index contributed by atoms with van der Waals surface area (Å²) >= 11 is 0. The number of rotatable bonds is 4. The van der Waals surface area contributed by atoms with Crippen LogP contribution in [0.1, 0.15) is 19.4 Å². The lowest BCUT2D eigenvalue weighted by molar-refractivity contribution is -0.283. The number of carbonyl (C=O) groups is 1. The van der Waals surface area contributed by atoms with Gasteiger partial charge in [-0.1, -0.05) is 32.0 Å². The molecule has 1 aliphatic rings. The van der Waals surface area contributed by atoms with Gasteiger partial charge in [0.1, 0.15) is 11.3 Å². The number of ether oxygens (including phenoxy) is 1. The van der Waals surface area contributed by atoms with Crippen LogP contribution in [0.2, 0.25) is 0 Å². The van der Waals surface area contributed by atoms with Gasteiger partial charge in [-0.15, -0.1) is 0 Å². The lowest BCUT2D eigenvalue weighted by Gasteiger charge is -2.45. The Kier molecular flexibility index (Phi) is 4.43. The quantitative estimate of drug-likeness (QED) is 0.920. The average molecular weight is 329 g/mol. The lowest BCUT2D eigenvalue weighted by atomic mass is 9.93. The molecule has 1 aliphatic heterocycles. The largest absolute Gasteiger partial charge is 0.478 e. The number of alkyl halides is 3. The van der Waals surface area contributed by atoms with Crippen LogP contribution in [0.15, 0.2) is 29.8 Å². The Morgan fingerprint density at radius 2 is 1.96 bits per heavy atom. The molecule has 0 fully saturated rings. The van der Waals surface area contributed by atoms with Crippen LogP contribution in [-0.4, -0.2) is 41.5 Å². The van der Waals surface area contributed by atoms with Gasteiger partial charge in [-0.2, -0.15) is 13.2 Å². The zero-order chi connectivity index (χ0) is 17.4. The van der Waals surface area contributed by atoms with Crippen molar-refractivity contribution in [1.29, 1.82) is 0 Å². The molecule has 0 bridgehead atoms. The predicted octanol–water partition coefficient (Wildman–Crippen LogP) is 3.39. The fourth-order valence-corrected chi connectivity index (χ4v) is 2.75. The predicted molar refractivity (Wildman–Crippen MR) is 78.9 cm³/mol. The zero-order valence-corrected chi connectivity index (χ0v) is 13.0. The minimum absolute atomic E-state index is 0.00503. The van der Waals surface area contributed by atoms with Crippen molar-refractivity contribution in [3.05, 3.63) is 35.4 Å². The van der Waals surface area contributed by atoms with Crippen LogP contribution in [0.3, 0.4) is 0 Å². The fraction of sp³-hybridized carbons (Fsp3) is 0.438. The molecule has 2 rings (SSSR count). The maximum Gasteiger partial charge on any atom is 0.448 e. The number of likely N-dealkylation sites (N-methyl/N-ethyl adjacent to an activating group) is 1. The Morgan fingerprint density at radius 3 is 2.48 bits per heavy atom. The van der Waals surface area contributed by atoms with Gasteiger partial charge in [0.25, 0.3) is 5.72 Å². The molecule has 4 nitrogen and oxygen atoms in total. The summed E-state index contributed by atoms with van der Waals surface area (Å²) in [6.07, 6.45) is -3.89. The molecular formula is C16H18F3NO3. The third kappa shape index (κ3) is 2.93. The molecule has 1 aromatic carbocycles. The minimum atomic E-state index is -4.92. The highest BCUT2D eigenvalue weighted by atomic mass is 19.4. The van der Waals surface area contributed by atoms with Crippen molar-refractivity contribution >= 4 is 12.0 Å². The normalized spacial score (nSPS) is 21.0. The second kappa shape index (κ2) is 5.88. The second-order valence-corrected chi connectivity index (χ2v) is 5.92. The molecule has 7 heteroatoms. The minimum Gasteiger partial charge on any atom is -0.478 e. The van der Waals surface area contributed by atoms with Gasteiger partial charge in [-0.3, -0.25) is 4.90 Å². The van der Waals surface area contributed by atoms with E-state index in [9.17, 15) is 23.1 Å². The molecular weight excluding hydrogens is 311 g/mol. The van der Waals surface area contributed by atoms with E-state index in [0.717, 1.165) is 11.0 Å². The van der Waals surface area contributed by atoms with Gasteiger partial charge in [-0.05, 0) is 25.1 Å². The van der Waals surface area contributed by atoms with Crippen LogP contribution < -0.4 is 4.74 Å². The van der Waals surface area contributed by atoms with Crippen LogP contribution in [0.4, 0.5) is 13.2 Å². The van der Waals surface area contributed by atoms with E-state index in [0.29, 0.717) is 5.56 Å². The van der Waals surface area contributed by atoms with Gasteiger partial charge in [-0.25, -0.2) is 4.79 Å². The number of hydrogen-bond acceptors (Lipinski definition) is 3. The lowest BCUT2D eigenvalue weighted by Crippen LogP contribution is -2.65. The summed E-state index contributed by atoms with van der Waals surface area (Å²) in [5.41, 5.74) is -3.55. The number of hydrogen-bond donors (Lipinski definition) is 1. The summed E-state index contributed by atoms with van der Waals surface area (Å²) in [4.78, 5) is 12.5. The number of halogens is 3. The monoisotopic (exact) mass is 329 g/mol. The van der Waals surface area contributed by atoms with Crippen molar-refractivity contribution < 1.29 is 27.8 Å². The van der Waals surface area contributed by atoms with Gasteiger partial charge in [0.05, 0.1) is 0 Å². The van der Waals surface area contributed by atoms with Crippen LogP contribution in [0.5, 0.6) is 5.75 Å². The van der Waals surface area contributed by atoms with E-state index in [4.69, 9.17) is 4.74 Å². The number of aliphatic carboxylic acids is 1. The molecule has 0 saturated carbocycles. The van der Waals surface area contributed by atoms with E-state index in [1.54, 1.807) is 26.0 Å². The van der Waals surface area contributed by atoms with E-state index < -0.39 is 23.4 Å². The Balaban J connectivity index is 2.68. The summed E-state index contributed by atoms with van der Waals surface area (Å²) in [5, 5.41) is 9.37. The Hall–Kier alpha value is -2.02. The van der Waals surface area contributed by atoms with Crippen LogP contribution in [-0.2, 0) is 4.79 Å². The second-order valence-electron chi connectivity index (χ2n) is 5.92. The molecule has 0 radical (unpaired) electrons. The van der Waals surface area contributed by atoms with Crippen molar-refractivity contribution in [2.45, 2.75) is 25.7 Å². The van der Waals surface area contributed by atoms with Crippen molar-refractivity contribution in [2.24, 2.45) is 5.92 Å². The summed E-state index contributed by atoms with van der Waals surface area (Å²) in [7, 11) is 1.22. The molecule has 0 spiro atoms. The average Bonchev–Trinajstić information content (AvgIpc) is 2.43. The molecule has 23 heavy (non-hydrogen) atoms. The summed E-state index contributed by atoms with van der Waals surface area (Å²) in [5.74, 6) is -1.76. The standard InChI is InChI=1S/C16H18F3NO3/c1-10(2)9-20(3)15(16(17,18)19)12(14(21)22)8-11-6-4-5-7-13(11)23-15/h4-8,10H,9H2,1-3H3,(H,21,22). The number of para-hydroxylation sites is 1. The molecule has 0 aromatic heterocycles. The highest BCUT2D eigenvalue weighted by molar-refractivity contribution is 5.96. The number of carboxylic acids is 1. The van der Waals surface area contributed by atoms with Crippen LogP contribution in [0, 0.1) is 5.92 Å². The Labute approximate surface area is 132 Å². The van der Waals surface area contributed by atoms with Crippen molar-refractivity contribution in [3.8, 4) is 5.75 Å². The first kappa shape index (κ1) is 17.3. The molecule has 1 N–H and O–H groups in total. The van der Waals surface area contributed by atoms with Gasteiger partial charge in [0.15, 0.2) is 0 Å². The first-order chi connectivity index (χ1) is 10.6. The first-order valence-corrected chi connectivity index (χ1v) is 7.11. The highest BCUT2D eigenvalue weighted by Gasteiger charge is 2.65. The van der Waals surface area contributed by atoms with E-state index in [1.165, 1.54) is 19.2 Å². The maximum absolute atomic E-state index is 13.9. The van der Waals surface area contributed by atoms with Gasteiger partial charge in [0.2, 0.25) is 0 Å². The Bertz CT molecular complexity index is 640. The topological polar surface area (TPSA) is 49.8 Å². The fourth-order valence-electron chi connectivity index (χ4n) is 2.75. The van der Waals surface area contributed by atoms with Gasteiger partial charge >= 0.3 is 12.1 Å². The SMILES string of the molecule is CC(C)CN(C)C1(C(F)(F)F)Oc2ccccc2C=C1C(=O)O. The van der Waals surface area contributed by atoms with Crippen molar-refractivity contribution in [3.63, 3.8) is 0 Å². The van der Waals surface area contributed by atoms with Gasteiger partial charge < -0.3 is 9.84 Å². The molecule has 1 atom stereocenters. The molecule has 1 unspecified atom stereocenters. The molecule has 126 valence electrons. The van der Waals surface area contributed by atoms with E-state index in [2.05, 4.69) is 0 Å². The van der Waals surface area contributed by atoms with Crippen molar-refractivity contribution in [1.82, 2.24) is 4.90 Å². The number of nitrogens with zero attached hydrogens (tertiary/aromatic N) is 1. The first-order valence-electron chi connectivity index (χ1n) is 7.11. The highest BCUT2D eigenvalue weighted by Crippen LogP contribution is 2.47. The number of benzene rings is 1. The zero-order valence-electron chi connectivity index (χ0n) is 13.0. The summed E-state index contributed by atoms with van der Waals surface area (Å²) in [6.45, 7) is 3.52. The molecule has 1 heterocycles. The third-order valence-corrected chi connectivity index (χ3v) is 3.63. The van der Waals surface area contributed by atoms with E-state index in [1.807, 2.05) is 0 Å². The van der Waals surface area contributed by atoms with Gasteiger partial charge in [0, 0.05) is 12.1 Å². The molecule has 0 amide bonds. The molecule has 0 aliphatic carbocycles. The van der Waals surface area contributed by atoms with Crippen molar-refractivity contribution in [2.75, 3.05) is 13.6 Å². The third-order valence-electron chi connectivity index (χ3n) is 3.63. The number of carboxylic acid groups (broad SMARTS) is 1. The smallest absolute Gasteiger partial charge is 0.448 e. The molecule has 0 saturated heterocycles. The summed E-state index contributed by atoms with van der Waals surface area (Å²) in [6, 6.07) is 6.06. The van der Waals surface area contributed by atoms with E-state index >= 15 is 0 Å². The van der Waals surface area contributed by atoms with Crippen LogP contribution >= 0.6 is 0 Å².